The first-order valence-corrected chi connectivity index (χ1v) is 11.2. The summed E-state index contributed by atoms with van der Waals surface area (Å²) in [4.78, 5) is 11.5. The normalized spacial score (nSPS) is 26.2. The molecule has 0 aromatic rings. The molecule has 5 nitrogen and oxygen atoms in total. The van der Waals surface area contributed by atoms with Gasteiger partial charge in [0.25, 0.3) is 0 Å². The quantitative estimate of drug-likeness (QED) is 0.233. The van der Waals surface area contributed by atoms with Crippen molar-refractivity contribution in [1.29, 1.82) is 0 Å². The maximum atomic E-state index is 11.5. The Kier molecular flexibility index (Phi) is 12.7. The molecule has 0 aromatic heterocycles. The second kappa shape index (κ2) is 14.1. The van der Waals surface area contributed by atoms with Gasteiger partial charge in [0.05, 0.1) is 24.4 Å². The molecule has 28 heavy (non-hydrogen) atoms. The summed E-state index contributed by atoms with van der Waals surface area (Å²) in [6.07, 6.45) is 11.5. The maximum Gasteiger partial charge on any atom is 0.306 e. The van der Waals surface area contributed by atoms with E-state index in [4.69, 9.17) is 4.74 Å². The average Bonchev–Trinajstić information content (AvgIpc) is 2.88. The zero-order valence-electron chi connectivity index (χ0n) is 18.1. The fourth-order valence-corrected chi connectivity index (χ4v) is 4.12. The first-order chi connectivity index (χ1) is 13.3. The van der Waals surface area contributed by atoms with E-state index in [0.29, 0.717) is 19.3 Å². The summed E-state index contributed by atoms with van der Waals surface area (Å²) in [6, 6.07) is 0. The van der Waals surface area contributed by atoms with Crippen molar-refractivity contribution < 1.29 is 24.9 Å². The highest BCUT2D eigenvalue weighted by Gasteiger charge is 2.40. The van der Waals surface area contributed by atoms with Gasteiger partial charge in [-0.25, -0.2) is 0 Å². The molecule has 0 aromatic carbocycles. The molecule has 1 aliphatic carbocycles. The van der Waals surface area contributed by atoms with E-state index in [-0.39, 0.29) is 30.0 Å². The molecule has 0 spiro atoms. The third kappa shape index (κ3) is 10.0. The number of carbonyl (C=O) groups is 1. The minimum Gasteiger partial charge on any atom is -0.463 e. The molecule has 1 aliphatic rings. The van der Waals surface area contributed by atoms with Crippen LogP contribution in [0.25, 0.3) is 0 Å². The largest absolute Gasteiger partial charge is 0.463 e. The molecule has 0 bridgehead atoms. The van der Waals surface area contributed by atoms with Crippen LogP contribution >= 0.6 is 0 Å². The highest BCUT2D eigenvalue weighted by molar-refractivity contribution is 5.69. The number of hydrogen-bond donors (Lipinski definition) is 3. The number of unbranched alkanes of at least 4 members (excludes halogenated alkanes) is 3. The van der Waals surface area contributed by atoms with E-state index < -0.39 is 12.2 Å². The summed E-state index contributed by atoms with van der Waals surface area (Å²) in [5.74, 6) is -0.0724. The van der Waals surface area contributed by atoms with Gasteiger partial charge in [0, 0.05) is 6.42 Å². The van der Waals surface area contributed by atoms with Crippen LogP contribution in [0.5, 0.6) is 0 Å². The molecule has 0 heterocycles. The van der Waals surface area contributed by atoms with E-state index in [1.54, 1.807) is 0 Å². The molecule has 1 saturated carbocycles. The van der Waals surface area contributed by atoms with Crippen molar-refractivity contribution in [3.05, 3.63) is 12.2 Å². The fraction of sp³-hybridized carbons (Fsp3) is 0.870. The first kappa shape index (κ1) is 25.1. The van der Waals surface area contributed by atoms with Crippen LogP contribution in [0.15, 0.2) is 12.2 Å². The fourth-order valence-electron chi connectivity index (χ4n) is 4.12. The van der Waals surface area contributed by atoms with Gasteiger partial charge in [-0.2, -0.15) is 0 Å². The lowest BCUT2D eigenvalue weighted by molar-refractivity contribution is -0.147. The summed E-state index contributed by atoms with van der Waals surface area (Å²) >= 11 is 0. The minimum absolute atomic E-state index is 0.0417. The highest BCUT2D eigenvalue weighted by Crippen LogP contribution is 2.38. The molecular formula is C23H42O5. The van der Waals surface area contributed by atoms with Crippen molar-refractivity contribution in [3.63, 3.8) is 0 Å². The molecule has 0 unspecified atom stereocenters. The van der Waals surface area contributed by atoms with Gasteiger partial charge in [-0.05, 0) is 70.6 Å². The van der Waals surface area contributed by atoms with Gasteiger partial charge in [0.2, 0.25) is 0 Å². The minimum atomic E-state index is -0.484. The smallest absolute Gasteiger partial charge is 0.306 e. The molecule has 1 fully saturated rings. The molecule has 164 valence electrons. The van der Waals surface area contributed by atoms with Crippen LogP contribution in [0, 0.1) is 11.8 Å². The summed E-state index contributed by atoms with van der Waals surface area (Å²) in [7, 11) is 0. The van der Waals surface area contributed by atoms with E-state index in [2.05, 4.69) is 19.1 Å². The molecule has 0 amide bonds. The van der Waals surface area contributed by atoms with E-state index >= 15 is 0 Å². The van der Waals surface area contributed by atoms with Crippen LogP contribution in [0.2, 0.25) is 0 Å². The zero-order chi connectivity index (χ0) is 20.9. The van der Waals surface area contributed by atoms with Gasteiger partial charge < -0.3 is 20.1 Å². The molecule has 0 saturated heterocycles. The highest BCUT2D eigenvalue weighted by atomic mass is 16.5. The number of hydrogen-bond acceptors (Lipinski definition) is 5. The molecule has 1 rings (SSSR count). The Hall–Kier alpha value is -0.910. The Labute approximate surface area is 171 Å². The van der Waals surface area contributed by atoms with Crippen molar-refractivity contribution in [2.24, 2.45) is 11.8 Å². The standard InChI is InChI=1S/C23H42O5/c1-4-5-8-11-18(24)14-15-20-19(21(25)16-22(20)26)12-9-6-7-10-13-23(27)28-17(2)3/h6,9,17-22,24-26H,4-5,7-8,10-16H2,1-3H3/b9-6-/t18-,19+,20+,21+,22+/m0/s1. The van der Waals surface area contributed by atoms with Crippen LogP contribution in [0.1, 0.15) is 91.4 Å². The predicted octanol–water partition coefficient (Wildman–Crippen LogP) is 4.13. The Balaban J connectivity index is 2.33. The monoisotopic (exact) mass is 398 g/mol. The van der Waals surface area contributed by atoms with Crippen LogP contribution in [0.3, 0.4) is 0 Å². The summed E-state index contributed by atoms with van der Waals surface area (Å²) in [5, 5.41) is 30.8. The number of rotatable bonds is 14. The van der Waals surface area contributed by atoms with Crippen molar-refractivity contribution in [1.82, 2.24) is 0 Å². The number of allylic oxidation sites excluding steroid dienone is 2. The molecule has 3 N–H and O–H groups in total. The molecule has 0 radical (unpaired) electrons. The van der Waals surface area contributed by atoms with Crippen LogP contribution < -0.4 is 0 Å². The van der Waals surface area contributed by atoms with Crippen LogP contribution in [0.4, 0.5) is 0 Å². The van der Waals surface area contributed by atoms with Crippen molar-refractivity contribution in [3.8, 4) is 0 Å². The lowest BCUT2D eigenvalue weighted by Gasteiger charge is -2.23. The van der Waals surface area contributed by atoms with Crippen molar-refractivity contribution in [2.75, 3.05) is 0 Å². The average molecular weight is 399 g/mol. The van der Waals surface area contributed by atoms with Gasteiger partial charge in [-0.15, -0.1) is 0 Å². The molecular weight excluding hydrogens is 356 g/mol. The van der Waals surface area contributed by atoms with E-state index in [9.17, 15) is 20.1 Å². The second-order valence-electron chi connectivity index (χ2n) is 8.56. The molecule has 5 heteroatoms. The van der Waals surface area contributed by atoms with Gasteiger partial charge in [0.15, 0.2) is 0 Å². The zero-order valence-corrected chi connectivity index (χ0v) is 18.1. The topological polar surface area (TPSA) is 87.0 Å². The second-order valence-corrected chi connectivity index (χ2v) is 8.56. The molecule has 0 aliphatic heterocycles. The lowest BCUT2D eigenvalue weighted by atomic mass is 9.85. The maximum absolute atomic E-state index is 11.5. The van der Waals surface area contributed by atoms with E-state index in [1.807, 2.05) is 13.8 Å². The first-order valence-electron chi connectivity index (χ1n) is 11.2. The summed E-state index contributed by atoms with van der Waals surface area (Å²) in [5.41, 5.74) is 0. The number of aliphatic hydroxyl groups is 3. The summed E-state index contributed by atoms with van der Waals surface area (Å²) in [6.45, 7) is 5.84. The van der Waals surface area contributed by atoms with Gasteiger partial charge in [-0.3, -0.25) is 4.79 Å². The number of carbonyl (C=O) groups excluding carboxylic acids is 1. The predicted molar refractivity (Wildman–Crippen MR) is 112 cm³/mol. The van der Waals surface area contributed by atoms with E-state index in [0.717, 1.165) is 51.4 Å². The lowest BCUT2D eigenvalue weighted by Crippen LogP contribution is -2.23. The number of ether oxygens (including phenoxy) is 1. The van der Waals surface area contributed by atoms with Gasteiger partial charge >= 0.3 is 5.97 Å². The van der Waals surface area contributed by atoms with Gasteiger partial charge in [0.1, 0.15) is 0 Å². The Morgan fingerprint density at radius 2 is 1.79 bits per heavy atom. The van der Waals surface area contributed by atoms with Crippen molar-refractivity contribution in [2.45, 2.75) is 116 Å². The number of esters is 1. The third-order valence-corrected chi connectivity index (χ3v) is 5.69. The Morgan fingerprint density at radius 1 is 1.07 bits per heavy atom. The summed E-state index contributed by atoms with van der Waals surface area (Å²) < 4.78 is 5.11. The third-order valence-electron chi connectivity index (χ3n) is 5.69. The Bertz CT molecular complexity index is 448. The van der Waals surface area contributed by atoms with Crippen molar-refractivity contribution >= 4 is 5.97 Å². The SMILES string of the molecule is CCCCC[C@H](O)CC[C@@H]1[C@@H](C/C=C\CCCC(=O)OC(C)C)[C@H](O)C[C@H]1O. The van der Waals surface area contributed by atoms with Crippen LogP contribution in [-0.4, -0.2) is 45.7 Å². The Morgan fingerprint density at radius 3 is 2.46 bits per heavy atom. The molecule has 5 atom stereocenters. The van der Waals surface area contributed by atoms with E-state index in [1.165, 1.54) is 0 Å². The van der Waals surface area contributed by atoms with Crippen LogP contribution in [-0.2, 0) is 9.53 Å². The van der Waals surface area contributed by atoms with Gasteiger partial charge in [-0.1, -0.05) is 38.3 Å². The number of aliphatic hydroxyl groups excluding tert-OH is 3.